The molecule has 0 bridgehead atoms. The first kappa shape index (κ1) is 13.2. The minimum absolute atomic E-state index is 0.0457. The van der Waals surface area contributed by atoms with Gasteiger partial charge in [0.15, 0.2) is 11.5 Å². The first-order valence-corrected chi connectivity index (χ1v) is 7.21. The van der Waals surface area contributed by atoms with Crippen molar-refractivity contribution in [2.45, 2.75) is 37.8 Å². The van der Waals surface area contributed by atoms with Crippen LogP contribution in [0.2, 0.25) is 0 Å². The van der Waals surface area contributed by atoms with Gasteiger partial charge in [0, 0.05) is 12.1 Å². The molecule has 1 heterocycles. The van der Waals surface area contributed by atoms with E-state index in [0.717, 1.165) is 25.7 Å². The number of carbonyl (C=O) groups excluding carboxylic acids is 1. The van der Waals surface area contributed by atoms with Crippen LogP contribution in [0.3, 0.4) is 0 Å². The third-order valence-electron chi connectivity index (χ3n) is 3.95. The lowest BCUT2D eigenvalue weighted by atomic mass is 9.91. The highest BCUT2D eigenvalue weighted by atomic mass is 16.6. The highest BCUT2D eigenvalue weighted by molar-refractivity contribution is 5.98. The molecule has 0 aromatic heterocycles. The molecule has 1 aliphatic heterocycles. The summed E-state index contributed by atoms with van der Waals surface area (Å²) in [6.45, 7) is 0.992. The maximum absolute atomic E-state index is 12.4. The van der Waals surface area contributed by atoms with Crippen molar-refractivity contribution in [3.8, 4) is 11.5 Å². The quantitative estimate of drug-likeness (QED) is 0.857. The summed E-state index contributed by atoms with van der Waals surface area (Å²) >= 11 is 0. The van der Waals surface area contributed by atoms with Gasteiger partial charge < -0.3 is 20.5 Å². The molecule has 5 heteroatoms. The average molecular weight is 276 g/mol. The molecular formula is C15H20N2O3. The zero-order valence-electron chi connectivity index (χ0n) is 11.4. The highest BCUT2D eigenvalue weighted by Gasteiger charge is 2.26. The fraction of sp³-hybridized carbons (Fsp3) is 0.533. The number of rotatable bonds is 2. The van der Waals surface area contributed by atoms with Gasteiger partial charge in [0.05, 0.1) is 5.56 Å². The van der Waals surface area contributed by atoms with Gasteiger partial charge in [0.25, 0.3) is 5.91 Å². The van der Waals surface area contributed by atoms with Gasteiger partial charge in [-0.3, -0.25) is 4.79 Å². The smallest absolute Gasteiger partial charge is 0.255 e. The predicted octanol–water partition coefficient (Wildman–Crippen LogP) is 1.46. The lowest BCUT2D eigenvalue weighted by molar-refractivity contribution is 0.0910. The van der Waals surface area contributed by atoms with Crippen LogP contribution in [0.25, 0.3) is 0 Å². The largest absolute Gasteiger partial charge is 0.486 e. The molecule has 0 radical (unpaired) electrons. The Morgan fingerprint density at radius 3 is 2.85 bits per heavy atom. The number of nitrogens with two attached hydrogens (primary N) is 1. The summed E-state index contributed by atoms with van der Waals surface area (Å²) in [5, 5.41) is 3.04. The summed E-state index contributed by atoms with van der Waals surface area (Å²) in [5.74, 6) is 1.05. The summed E-state index contributed by atoms with van der Waals surface area (Å²) in [6.07, 6.45) is 4.17. The van der Waals surface area contributed by atoms with Crippen molar-refractivity contribution in [3.05, 3.63) is 23.8 Å². The summed E-state index contributed by atoms with van der Waals surface area (Å²) in [5.41, 5.74) is 6.60. The van der Waals surface area contributed by atoms with Crippen LogP contribution in [-0.2, 0) is 0 Å². The van der Waals surface area contributed by atoms with Gasteiger partial charge in [-0.1, -0.05) is 18.9 Å². The van der Waals surface area contributed by atoms with Gasteiger partial charge in [0.1, 0.15) is 13.2 Å². The Morgan fingerprint density at radius 2 is 2.00 bits per heavy atom. The SMILES string of the molecule is N[C@@H]1CCCC[C@H]1NC(=O)c1cccc2c1OCCO2. The van der Waals surface area contributed by atoms with E-state index in [-0.39, 0.29) is 18.0 Å². The third kappa shape index (κ3) is 2.58. The fourth-order valence-electron chi connectivity index (χ4n) is 2.84. The monoisotopic (exact) mass is 276 g/mol. The number of hydrogen-bond donors (Lipinski definition) is 2. The molecule has 1 aromatic rings. The standard InChI is InChI=1S/C15H20N2O3/c16-11-5-1-2-6-12(11)17-15(18)10-4-3-7-13-14(10)20-9-8-19-13/h3-4,7,11-12H,1-2,5-6,8-9,16H2,(H,17,18)/t11-,12-/m1/s1. The van der Waals surface area contributed by atoms with E-state index in [1.165, 1.54) is 0 Å². The second-order valence-electron chi connectivity index (χ2n) is 5.36. The number of hydrogen-bond acceptors (Lipinski definition) is 4. The van der Waals surface area contributed by atoms with E-state index in [9.17, 15) is 4.79 Å². The van der Waals surface area contributed by atoms with Gasteiger partial charge in [0.2, 0.25) is 0 Å². The summed E-state index contributed by atoms with van der Waals surface area (Å²) in [7, 11) is 0. The predicted molar refractivity (Wildman–Crippen MR) is 75.1 cm³/mol. The van der Waals surface area contributed by atoms with Crippen LogP contribution in [0.5, 0.6) is 11.5 Å². The second kappa shape index (κ2) is 5.71. The summed E-state index contributed by atoms with van der Waals surface area (Å²) in [6, 6.07) is 5.49. The Morgan fingerprint density at radius 1 is 1.20 bits per heavy atom. The normalized spacial score (nSPS) is 25.1. The van der Waals surface area contributed by atoms with Gasteiger partial charge >= 0.3 is 0 Å². The second-order valence-corrected chi connectivity index (χ2v) is 5.36. The number of benzene rings is 1. The van der Waals surface area contributed by atoms with E-state index in [4.69, 9.17) is 15.2 Å². The number of fused-ring (bicyclic) bond motifs is 1. The molecule has 2 aliphatic rings. The molecule has 1 amide bonds. The van der Waals surface area contributed by atoms with Crippen LogP contribution in [0, 0.1) is 0 Å². The van der Waals surface area contributed by atoms with Gasteiger partial charge in [-0.2, -0.15) is 0 Å². The first-order valence-electron chi connectivity index (χ1n) is 7.21. The molecule has 3 rings (SSSR count). The first-order chi connectivity index (χ1) is 9.75. The van der Waals surface area contributed by atoms with Crippen LogP contribution in [0.1, 0.15) is 36.0 Å². The fourth-order valence-corrected chi connectivity index (χ4v) is 2.84. The number of nitrogens with one attached hydrogen (secondary N) is 1. The number of ether oxygens (including phenoxy) is 2. The number of amides is 1. The molecule has 0 unspecified atom stereocenters. The molecule has 3 N–H and O–H groups in total. The lowest BCUT2D eigenvalue weighted by Crippen LogP contribution is -2.49. The topological polar surface area (TPSA) is 73.6 Å². The van der Waals surface area contributed by atoms with Crippen molar-refractivity contribution in [1.29, 1.82) is 0 Å². The van der Waals surface area contributed by atoms with Crippen LogP contribution in [0.4, 0.5) is 0 Å². The maximum Gasteiger partial charge on any atom is 0.255 e. The molecule has 1 aliphatic carbocycles. The van der Waals surface area contributed by atoms with E-state index < -0.39 is 0 Å². The molecule has 0 saturated heterocycles. The molecule has 20 heavy (non-hydrogen) atoms. The van der Waals surface area contributed by atoms with Crippen LogP contribution in [-0.4, -0.2) is 31.2 Å². The average Bonchev–Trinajstić information content (AvgIpc) is 2.49. The third-order valence-corrected chi connectivity index (χ3v) is 3.95. The zero-order valence-corrected chi connectivity index (χ0v) is 11.4. The van der Waals surface area contributed by atoms with Crippen molar-refractivity contribution >= 4 is 5.91 Å². The molecular weight excluding hydrogens is 256 g/mol. The molecule has 108 valence electrons. The van der Waals surface area contributed by atoms with E-state index in [1.54, 1.807) is 6.07 Å². The van der Waals surface area contributed by atoms with E-state index in [0.29, 0.717) is 30.3 Å². The van der Waals surface area contributed by atoms with E-state index in [2.05, 4.69) is 5.32 Å². The maximum atomic E-state index is 12.4. The Balaban J connectivity index is 1.77. The molecule has 1 aromatic carbocycles. The zero-order chi connectivity index (χ0) is 13.9. The minimum Gasteiger partial charge on any atom is -0.486 e. The Labute approximate surface area is 118 Å². The summed E-state index contributed by atoms with van der Waals surface area (Å²) < 4.78 is 11.1. The summed E-state index contributed by atoms with van der Waals surface area (Å²) in [4.78, 5) is 12.4. The Hall–Kier alpha value is -1.75. The van der Waals surface area contributed by atoms with Crippen LogP contribution >= 0.6 is 0 Å². The van der Waals surface area contributed by atoms with Crippen molar-refractivity contribution in [1.82, 2.24) is 5.32 Å². The van der Waals surface area contributed by atoms with Crippen molar-refractivity contribution < 1.29 is 14.3 Å². The Bertz CT molecular complexity index is 504. The van der Waals surface area contributed by atoms with Crippen molar-refractivity contribution in [3.63, 3.8) is 0 Å². The highest BCUT2D eigenvalue weighted by Crippen LogP contribution is 2.33. The van der Waals surface area contributed by atoms with Gasteiger partial charge in [-0.15, -0.1) is 0 Å². The van der Waals surface area contributed by atoms with Gasteiger partial charge in [-0.05, 0) is 25.0 Å². The van der Waals surface area contributed by atoms with Gasteiger partial charge in [-0.25, -0.2) is 0 Å². The Kier molecular flexibility index (Phi) is 3.78. The van der Waals surface area contributed by atoms with Crippen molar-refractivity contribution in [2.75, 3.05) is 13.2 Å². The molecule has 0 spiro atoms. The molecule has 5 nitrogen and oxygen atoms in total. The van der Waals surface area contributed by atoms with Crippen LogP contribution < -0.4 is 20.5 Å². The molecule has 1 fully saturated rings. The molecule has 1 saturated carbocycles. The van der Waals surface area contributed by atoms with E-state index in [1.807, 2.05) is 12.1 Å². The lowest BCUT2D eigenvalue weighted by Gasteiger charge is -2.29. The van der Waals surface area contributed by atoms with Crippen molar-refractivity contribution in [2.24, 2.45) is 5.73 Å². The van der Waals surface area contributed by atoms with E-state index >= 15 is 0 Å². The van der Waals surface area contributed by atoms with Crippen LogP contribution in [0.15, 0.2) is 18.2 Å². The number of carbonyl (C=O) groups is 1. The minimum atomic E-state index is -0.130. The number of para-hydroxylation sites is 1. The molecule has 2 atom stereocenters.